The number of amides is 1. The average molecular weight is 401 g/mol. The maximum Gasteiger partial charge on any atom is 0.409 e. The highest BCUT2D eigenvalue weighted by Gasteiger charge is 2.51. The van der Waals surface area contributed by atoms with Gasteiger partial charge in [0, 0.05) is 11.0 Å². The van der Waals surface area contributed by atoms with Crippen molar-refractivity contribution in [1.29, 1.82) is 0 Å². The molecule has 1 saturated heterocycles. The van der Waals surface area contributed by atoms with Gasteiger partial charge >= 0.3 is 6.18 Å². The molecule has 0 aliphatic carbocycles. The van der Waals surface area contributed by atoms with Gasteiger partial charge in [-0.1, -0.05) is 40.2 Å². The summed E-state index contributed by atoms with van der Waals surface area (Å²) < 4.78 is 42.0. The maximum absolute atomic E-state index is 13.7. The van der Waals surface area contributed by atoms with Crippen LogP contribution in [-0.2, 0) is 4.79 Å². The van der Waals surface area contributed by atoms with E-state index in [2.05, 4.69) is 21.4 Å². The second-order valence-electron chi connectivity index (χ2n) is 6.62. The fourth-order valence-electron chi connectivity index (χ4n) is 2.95. The Balaban J connectivity index is 2.06. The first-order valence-electron chi connectivity index (χ1n) is 7.42. The van der Waals surface area contributed by atoms with Crippen molar-refractivity contribution < 1.29 is 18.0 Å². The summed E-state index contributed by atoms with van der Waals surface area (Å²) in [5.74, 6) is -0.403. The Morgan fingerprint density at radius 1 is 1.25 bits per heavy atom. The second-order valence-corrected chi connectivity index (χ2v) is 7.47. The molecule has 1 unspecified atom stereocenters. The average Bonchev–Trinajstić information content (AvgIpc) is 2.71. The lowest BCUT2D eigenvalue weighted by Gasteiger charge is -2.30. The summed E-state index contributed by atoms with van der Waals surface area (Å²) in [7, 11) is 0. The number of hydrogen-bond donors (Lipinski definition) is 1. The standard InChI is InChI=1S/C17H16BrF3N2O/c1-16(2)9-23(22-15(16)24)14(17(19,20)21)11-6-7-12-10(8-11)4-3-5-13(12)18/h3-8,14H,9H2,1-2H3,(H,22,24). The summed E-state index contributed by atoms with van der Waals surface area (Å²) in [4.78, 5) is 11.9. The number of alkyl halides is 3. The first-order valence-corrected chi connectivity index (χ1v) is 8.21. The van der Waals surface area contributed by atoms with Crippen LogP contribution >= 0.6 is 15.9 Å². The molecule has 0 bridgehead atoms. The summed E-state index contributed by atoms with van der Waals surface area (Å²) >= 11 is 3.40. The minimum absolute atomic E-state index is 0.00741. The Kier molecular flexibility index (Phi) is 4.12. The van der Waals surface area contributed by atoms with Gasteiger partial charge in [0.2, 0.25) is 5.91 Å². The number of fused-ring (bicyclic) bond motifs is 1. The minimum atomic E-state index is -4.51. The van der Waals surface area contributed by atoms with E-state index in [-0.39, 0.29) is 12.1 Å². The van der Waals surface area contributed by atoms with E-state index in [1.807, 2.05) is 6.07 Å². The fraction of sp³-hybridized carbons (Fsp3) is 0.353. The van der Waals surface area contributed by atoms with Crippen molar-refractivity contribution in [2.45, 2.75) is 26.1 Å². The van der Waals surface area contributed by atoms with E-state index in [1.165, 1.54) is 12.1 Å². The molecule has 7 heteroatoms. The highest BCUT2D eigenvalue weighted by atomic mass is 79.9. The summed E-state index contributed by atoms with van der Waals surface area (Å²) in [5, 5.41) is 2.54. The number of benzene rings is 2. The Morgan fingerprint density at radius 2 is 1.96 bits per heavy atom. The van der Waals surface area contributed by atoms with Crippen molar-refractivity contribution in [2.24, 2.45) is 5.41 Å². The molecular formula is C17H16BrF3N2O. The number of rotatable bonds is 2. The van der Waals surface area contributed by atoms with Crippen LogP contribution in [0.5, 0.6) is 0 Å². The van der Waals surface area contributed by atoms with Gasteiger partial charge in [-0.05, 0) is 42.3 Å². The van der Waals surface area contributed by atoms with E-state index in [1.54, 1.807) is 32.0 Å². The zero-order chi connectivity index (χ0) is 17.7. The molecule has 24 heavy (non-hydrogen) atoms. The van der Waals surface area contributed by atoms with Crippen LogP contribution in [0.1, 0.15) is 25.5 Å². The number of hydrazine groups is 1. The fourth-order valence-corrected chi connectivity index (χ4v) is 3.47. The van der Waals surface area contributed by atoms with E-state index >= 15 is 0 Å². The lowest BCUT2D eigenvalue weighted by Crippen LogP contribution is -2.43. The zero-order valence-corrected chi connectivity index (χ0v) is 14.7. The Labute approximate surface area is 145 Å². The van der Waals surface area contributed by atoms with Crippen LogP contribution in [0.3, 0.4) is 0 Å². The second kappa shape index (κ2) is 5.74. The molecule has 0 spiro atoms. The van der Waals surface area contributed by atoms with Crippen molar-refractivity contribution in [2.75, 3.05) is 6.54 Å². The van der Waals surface area contributed by atoms with E-state index in [9.17, 15) is 18.0 Å². The molecule has 0 aromatic heterocycles. The van der Waals surface area contributed by atoms with Crippen LogP contribution in [0.25, 0.3) is 10.8 Å². The molecule has 1 aliphatic rings. The molecule has 0 radical (unpaired) electrons. The van der Waals surface area contributed by atoms with Crippen molar-refractivity contribution in [3.8, 4) is 0 Å². The molecule has 3 nitrogen and oxygen atoms in total. The number of nitrogens with one attached hydrogen (secondary N) is 1. The van der Waals surface area contributed by atoms with Crippen LogP contribution in [0.4, 0.5) is 13.2 Å². The van der Waals surface area contributed by atoms with Gasteiger partial charge in [-0.15, -0.1) is 0 Å². The number of carbonyl (C=O) groups is 1. The summed E-state index contributed by atoms with van der Waals surface area (Å²) in [6.45, 7) is 3.26. The normalized spacial score (nSPS) is 19.5. The third kappa shape index (κ3) is 3.02. The Morgan fingerprint density at radius 3 is 2.54 bits per heavy atom. The van der Waals surface area contributed by atoms with Crippen LogP contribution in [0.15, 0.2) is 40.9 Å². The van der Waals surface area contributed by atoms with Gasteiger partial charge in [0.1, 0.15) is 6.04 Å². The maximum atomic E-state index is 13.7. The molecule has 1 N–H and O–H groups in total. The van der Waals surface area contributed by atoms with Gasteiger partial charge in [-0.25, -0.2) is 5.01 Å². The summed E-state index contributed by atoms with van der Waals surface area (Å²) in [6, 6.07) is 8.15. The highest BCUT2D eigenvalue weighted by molar-refractivity contribution is 9.10. The molecule has 128 valence electrons. The molecular weight excluding hydrogens is 385 g/mol. The molecule has 0 saturated carbocycles. The first-order chi connectivity index (χ1) is 11.1. The molecule has 1 fully saturated rings. The Hall–Kier alpha value is -1.60. The first kappa shape index (κ1) is 17.2. The predicted molar refractivity (Wildman–Crippen MR) is 89.1 cm³/mol. The topological polar surface area (TPSA) is 32.3 Å². The third-order valence-corrected chi connectivity index (χ3v) is 4.91. The molecule has 2 aromatic carbocycles. The van der Waals surface area contributed by atoms with E-state index in [0.29, 0.717) is 5.39 Å². The van der Waals surface area contributed by atoms with E-state index in [4.69, 9.17) is 0 Å². The van der Waals surface area contributed by atoms with Gasteiger partial charge < -0.3 is 0 Å². The molecule has 1 heterocycles. The Bertz CT molecular complexity index is 804. The van der Waals surface area contributed by atoms with Crippen LogP contribution in [0.2, 0.25) is 0 Å². The van der Waals surface area contributed by atoms with Crippen LogP contribution < -0.4 is 5.43 Å². The smallest absolute Gasteiger partial charge is 0.287 e. The molecule has 3 rings (SSSR count). The van der Waals surface area contributed by atoms with Crippen molar-refractivity contribution >= 4 is 32.6 Å². The summed E-state index contributed by atoms with van der Waals surface area (Å²) in [5.41, 5.74) is 1.62. The molecule has 1 aliphatic heterocycles. The van der Waals surface area contributed by atoms with Crippen LogP contribution in [-0.4, -0.2) is 23.6 Å². The lowest BCUT2D eigenvalue weighted by atomic mass is 9.93. The number of nitrogens with zero attached hydrogens (tertiary/aromatic N) is 1. The summed E-state index contributed by atoms with van der Waals surface area (Å²) in [6.07, 6.45) is -4.51. The molecule has 1 atom stereocenters. The van der Waals surface area contributed by atoms with Gasteiger partial charge in [0.25, 0.3) is 0 Å². The zero-order valence-electron chi connectivity index (χ0n) is 13.1. The van der Waals surface area contributed by atoms with Gasteiger partial charge in [-0.2, -0.15) is 13.2 Å². The van der Waals surface area contributed by atoms with Gasteiger partial charge in [0.05, 0.1) is 5.41 Å². The van der Waals surface area contributed by atoms with Gasteiger partial charge in [-0.3, -0.25) is 10.2 Å². The quantitative estimate of drug-likeness (QED) is 0.799. The minimum Gasteiger partial charge on any atom is -0.287 e. The van der Waals surface area contributed by atoms with E-state index < -0.39 is 23.5 Å². The number of carbonyl (C=O) groups excluding carboxylic acids is 1. The monoisotopic (exact) mass is 400 g/mol. The lowest BCUT2D eigenvalue weighted by molar-refractivity contribution is -0.191. The largest absolute Gasteiger partial charge is 0.409 e. The van der Waals surface area contributed by atoms with Crippen molar-refractivity contribution in [3.63, 3.8) is 0 Å². The SMILES string of the molecule is CC1(C)CN(C(c2ccc3c(Br)cccc3c2)C(F)(F)F)NC1=O. The third-order valence-electron chi connectivity index (χ3n) is 4.21. The van der Waals surface area contributed by atoms with Crippen molar-refractivity contribution in [3.05, 3.63) is 46.4 Å². The van der Waals surface area contributed by atoms with Gasteiger partial charge in [0.15, 0.2) is 0 Å². The van der Waals surface area contributed by atoms with E-state index in [0.717, 1.165) is 14.9 Å². The van der Waals surface area contributed by atoms with Crippen molar-refractivity contribution in [1.82, 2.24) is 10.4 Å². The van der Waals surface area contributed by atoms with Crippen LogP contribution in [0, 0.1) is 5.41 Å². The highest BCUT2D eigenvalue weighted by Crippen LogP contribution is 2.41. The number of hydrogen-bond acceptors (Lipinski definition) is 2. The molecule has 1 amide bonds. The number of halogens is 4. The predicted octanol–water partition coefficient (Wildman–Crippen LogP) is 4.58. The molecule has 2 aromatic rings.